The van der Waals surface area contributed by atoms with Crippen LogP contribution in [0.2, 0.25) is 0 Å². The molecule has 37 heavy (non-hydrogen) atoms. The van der Waals surface area contributed by atoms with Gasteiger partial charge in [0.1, 0.15) is 24.1 Å². The molecule has 1 N–H and O–H groups in total. The van der Waals surface area contributed by atoms with Gasteiger partial charge in [-0.25, -0.2) is 8.42 Å². The molecular formula is C28H33N3O5S. The first-order chi connectivity index (χ1) is 17.5. The Morgan fingerprint density at radius 3 is 1.92 bits per heavy atom. The zero-order chi connectivity index (χ0) is 27.0. The lowest BCUT2D eigenvalue weighted by atomic mass is 10.1. The maximum atomic E-state index is 13.5. The number of ether oxygens (including phenoxy) is 1. The molecule has 0 saturated heterocycles. The second kappa shape index (κ2) is 12.4. The fraction of sp³-hybridized carbons (Fsp3) is 0.286. The van der Waals surface area contributed by atoms with Gasteiger partial charge in [-0.05, 0) is 62.7 Å². The van der Waals surface area contributed by atoms with Crippen molar-refractivity contribution in [2.45, 2.75) is 39.4 Å². The number of nitrogens with zero attached hydrogens (tertiary/aromatic N) is 2. The van der Waals surface area contributed by atoms with Gasteiger partial charge < -0.3 is 15.0 Å². The number of carbonyl (C=O) groups is 2. The molecule has 0 unspecified atom stereocenters. The average Bonchev–Trinajstić information content (AvgIpc) is 2.86. The first-order valence-electron chi connectivity index (χ1n) is 12.0. The van der Waals surface area contributed by atoms with Gasteiger partial charge in [0.15, 0.2) is 0 Å². The van der Waals surface area contributed by atoms with E-state index in [9.17, 15) is 18.0 Å². The molecule has 0 aliphatic rings. The van der Waals surface area contributed by atoms with Crippen molar-refractivity contribution in [3.8, 4) is 11.5 Å². The number of benzene rings is 3. The number of nitrogens with one attached hydrogen (secondary N) is 1. The Kier molecular flexibility index (Phi) is 9.30. The Morgan fingerprint density at radius 2 is 1.38 bits per heavy atom. The molecular weight excluding hydrogens is 490 g/mol. The summed E-state index contributed by atoms with van der Waals surface area (Å²) in [5, 5.41) is 2.83. The van der Waals surface area contributed by atoms with Crippen LogP contribution in [0.4, 0.5) is 5.69 Å². The lowest BCUT2D eigenvalue weighted by Gasteiger charge is -2.32. The van der Waals surface area contributed by atoms with Crippen LogP contribution in [-0.2, 0) is 26.2 Å². The van der Waals surface area contributed by atoms with Crippen molar-refractivity contribution in [3.63, 3.8) is 0 Å². The minimum atomic E-state index is -3.81. The van der Waals surface area contributed by atoms with E-state index in [4.69, 9.17) is 4.74 Å². The lowest BCUT2D eigenvalue weighted by molar-refractivity contribution is -0.139. The number of sulfonamides is 1. The van der Waals surface area contributed by atoms with E-state index in [1.54, 1.807) is 31.2 Å². The first kappa shape index (κ1) is 27.7. The molecule has 0 fully saturated rings. The zero-order valence-electron chi connectivity index (χ0n) is 21.5. The van der Waals surface area contributed by atoms with Gasteiger partial charge in [0.05, 0.1) is 11.9 Å². The molecule has 1 atom stereocenters. The van der Waals surface area contributed by atoms with Crippen LogP contribution >= 0.6 is 0 Å². The molecule has 0 aliphatic heterocycles. The highest BCUT2D eigenvalue weighted by molar-refractivity contribution is 7.92. The average molecular weight is 524 g/mol. The molecule has 0 aromatic heterocycles. The normalized spacial score (nSPS) is 12.0. The van der Waals surface area contributed by atoms with Crippen LogP contribution in [0.5, 0.6) is 11.5 Å². The van der Waals surface area contributed by atoms with Crippen molar-refractivity contribution in [2.75, 3.05) is 17.1 Å². The molecule has 2 amide bonds. The van der Waals surface area contributed by atoms with Gasteiger partial charge in [0.25, 0.3) is 0 Å². The van der Waals surface area contributed by atoms with Crippen LogP contribution in [0, 0.1) is 0 Å². The van der Waals surface area contributed by atoms with Crippen LogP contribution in [0.3, 0.4) is 0 Å². The second-order valence-electron chi connectivity index (χ2n) is 9.03. The highest BCUT2D eigenvalue weighted by atomic mass is 32.2. The third kappa shape index (κ3) is 8.08. The van der Waals surface area contributed by atoms with Gasteiger partial charge in [-0.3, -0.25) is 13.9 Å². The number of anilines is 1. The smallest absolute Gasteiger partial charge is 0.244 e. The van der Waals surface area contributed by atoms with Crippen LogP contribution in [0.1, 0.15) is 26.3 Å². The van der Waals surface area contributed by atoms with E-state index < -0.39 is 28.5 Å². The Labute approximate surface area is 218 Å². The van der Waals surface area contributed by atoms with Crippen molar-refractivity contribution in [1.82, 2.24) is 10.2 Å². The number of rotatable bonds is 11. The maximum absolute atomic E-state index is 13.5. The molecule has 9 heteroatoms. The summed E-state index contributed by atoms with van der Waals surface area (Å²) in [5.74, 6) is 0.368. The Hall–Kier alpha value is -3.85. The fourth-order valence-corrected chi connectivity index (χ4v) is 4.54. The van der Waals surface area contributed by atoms with Gasteiger partial charge >= 0.3 is 0 Å². The number of carbonyl (C=O) groups excluding carboxylic acids is 2. The molecule has 3 aromatic rings. The third-order valence-electron chi connectivity index (χ3n) is 5.58. The summed E-state index contributed by atoms with van der Waals surface area (Å²) in [5.41, 5.74) is 1.14. The van der Waals surface area contributed by atoms with Crippen LogP contribution in [-0.4, -0.2) is 50.0 Å². The molecule has 0 spiro atoms. The van der Waals surface area contributed by atoms with Crippen molar-refractivity contribution in [2.24, 2.45) is 0 Å². The van der Waals surface area contributed by atoms with Gasteiger partial charge in [-0.1, -0.05) is 48.5 Å². The quantitative estimate of drug-likeness (QED) is 0.407. The Bertz CT molecular complexity index is 1280. The molecule has 8 nitrogen and oxygen atoms in total. The molecule has 3 rings (SSSR count). The standard InChI is InChI=1S/C28H33N3O5S/c1-21(2)29-28(33)22(3)30(19-23-11-7-5-8-12-23)27(32)20-31(37(4,34)35)24-15-17-26(18-16-24)36-25-13-9-6-10-14-25/h5-18,21-22H,19-20H2,1-4H3,(H,29,33)/t22-/m0/s1. The van der Waals surface area contributed by atoms with Gasteiger partial charge in [-0.15, -0.1) is 0 Å². The molecule has 196 valence electrons. The van der Waals surface area contributed by atoms with Crippen molar-refractivity contribution < 1.29 is 22.7 Å². The summed E-state index contributed by atoms with van der Waals surface area (Å²) < 4.78 is 32.3. The Morgan fingerprint density at radius 1 is 0.838 bits per heavy atom. The van der Waals surface area contributed by atoms with E-state index in [1.807, 2.05) is 74.5 Å². The van der Waals surface area contributed by atoms with Crippen LogP contribution < -0.4 is 14.4 Å². The molecule has 0 heterocycles. The topological polar surface area (TPSA) is 96.0 Å². The number of hydrogen-bond acceptors (Lipinski definition) is 5. The van der Waals surface area contributed by atoms with E-state index in [-0.39, 0.29) is 18.5 Å². The summed E-state index contributed by atoms with van der Waals surface area (Å²) in [7, 11) is -3.81. The highest BCUT2D eigenvalue weighted by Crippen LogP contribution is 2.26. The van der Waals surface area contributed by atoms with E-state index >= 15 is 0 Å². The van der Waals surface area contributed by atoms with Crippen molar-refractivity contribution in [1.29, 1.82) is 0 Å². The highest BCUT2D eigenvalue weighted by Gasteiger charge is 2.30. The van der Waals surface area contributed by atoms with Gasteiger partial charge in [0, 0.05) is 12.6 Å². The molecule has 0 aliphatic carbocycles. The molecule has 3 aromatic carbocycles. The minimum absolute atomic E-state index is 0.104. The van der Waals surface area contributed by atoms with E-state index in [2.05, 4.69) is 5.32 Å². The molecule has 0 bridgehead atoms. The minimum Gasteiger partial charge on any atom is -0.457 e. The van der Waals surface area contributed by atoms with Crippen molar-refractivity contribution in [3.05, 3.63) is 90.5 Å². The first-order valence-corrected chi connectivity index (χ1v) is 13.8. The fourth-order valence-electron chi connectivity index (χ4n) is 3.69. The Balaban J connectivity index is 1.84. The number of amides is 2. The predicted molar refractivity (Wildman–Crippen MR) is 145 cm³/mol. The summed E-state index contributed by atoms with van der Waals surface area (Å²) >= 11 is 0. The van der Waals surface area contributed by atoms with Crippen molar-refractivity contribution >= 4 is 27.5 Å². The summed E-state index contributed by atoms with van der Waals surface area (Å²) in [6.07, 6.45) is 1.05. The monoisotopic (exact) mass is 523 g/mol. The number of hydrogen-bond donors (Lipinski definition) is 1. The summed E-state index contributed by atoms with van der Waals surface area (Å²) in [4.78, 5) is 27.7. The SMILES string of the molecule is CC(C)NC(=O)[C@H](C)N(Cc1ccccc1)C(=O)CN(c1ccc(Oc2ccccc2)cc1)S(C)(=O)=O. The third-order valence-corrected chi connectivity index (χ3v) is 6.72. The molecule has 0 saturated carbocycles. The largest absolute Gasteiger partial charge is 0.457 e. The maximum Gasteiger partial charge on any atom is 0.244 e. The van der Waals surface area contributed by atoms with Crippen LogP contribution in [0.15, 0.2) is 84.9 Å². The van der Waals surface area contributed by atoms with Gasteiger partial charge in [0.2, 0.25) is 21.8 Å². The van der Waals surface area contributed by atoms with E-state index in [1.165, 1.54) is 4.90 Å². The van der Waals surface area contributed by atoms with Crippen LogP contribution in [0.25, 0.3) is 0 Å². The summed E-state index contributed by atoms with van der Waals surface area (Å²) in [6.45, 7) is 5.02. The second-order valence-corrected chi connectivity index (χ2v) is 10.9. The van der Waals surface area contributed by atoms with E-state index in [0.29, 0.717) is 17.2 Å². The predicted octanol–water partition coefficient (Wildman–Crippen LogP) is 4.19. The number of para-hydroxylation sites is 1. The van der Waals surface area contributed by atoms with Gasteiger partial charge in [-0.2, -0.15) is 0 Å². The lowest BCUT2D eigenvalue weighted by Crippen LogP contribution is -2.52. The summed E-state index contributed by atoms with van der Waals surface area (Å²) in [6, 6.07) is 24.0. The molecule has 0 radical (unpaired) electrons. The van der Waals surface area contributed by atoms with E-state index in [0.717, 1.165) is 16.1 Å². The zero-order valence-corrected chi connectivity index (χ0v) is 22.3.